The van der Waals surface area contributed by atoms with E-state index < -0.39 is 23.5 Å². The van der Waals surface area contributed by atoms with Crippen molar-refractivity contribution in [2.45, 2.75) is 19.6 Å². The highest BCUT2D eigenvalue weighted by molar-refractivity contribution is 7.15. The number of aryl methyl sites for hydroxylation is 1. The second-order valence-corrected chi connectivity index (χ2v) is 6.09. The van der Waals surface area contributed by atoms with E-state index in [9.17, 15) is 22.4 Å². The molecular formula is C14H12F4N2O2S. The summed E-state index contributed by atoms with van der Waals surface area (Å²) in [4.78, 5) is 16.8. The molecule has 0 aliphatic carbocycles. The number of rotatable bonds is 4. The van der Waals surface area contributed by atoms with Crippen molar-refractivity contribution in [3.8, 4) is 0 Å². The van der Waals surface area contributed by atoms with Crippen molar-refractivity contribution in [1.29, 1.82) is 0 Å². The van der Waals surface area contributed by atoms with Gasteiger partial charge in [-0.25, -0.2) is 14.2 Å². The second-order valence-electron chi connectivity index (χ2n) is 4.91. The number of carboxylic acid groups (broad SMARTS) is 1. The topological polar surface area (TPSA) is 53.4 Å². The Morgan fingerprint density at radius 1 is 1.35 bits per heavy atom. The van der Waals surface area contributed by atoms with Gasteiger partial charge in [0.15, 0.2) is 10.8 Å². The van der Waals surface area contributed by atoms with E-state index in [0.717, 1.165) is 23.5 Å². The van der Waals surface area contributed by atoms with Crippen LogP contribution in [0.1, 0.15) is 26.5 Å². The molecule has 0 amide bonds. The number of hydrogen-bond acceptors (Lipinski definition) is 4. The molecule has 2 rings (SSSR count). The predicted molar refractivity (Wildman–Crippen MR) is 77.3 cm³/mol. The Morgan fingerprint density at radius 2 is 2.00 bits per heavy atom. The molecule has 0 aliphatic rings. The summed E-state index contributed by atoms with van der Waals surface area (Å²) in [5.41, 5.74) is -1.06. The number of carboxylic acids is 1. The molecule has 0 saturated carbocycles. The van der Waals surface area contributed by atoms with Crippen LogP contribution in [0.3, 0.4) is 0 Å². The van der Waals surface area contributed by atoms with Crippen LogP contribution in [0.4, 0.5) is 22.7 Å². The Bertz CT molecular complexity index is 743. The molecule has 0 radical (unpaired) electrons. The lowest BCUT2D eigenvalue weighted by atomic mass is 10.1. The Kier molecular flexibility index (Phi) is 4.60. The minimum atomic E-state index is -4.64. The first-order chi connectivity index (χ1) is 10.6. The van der Waals surface area contributed by atoms with Gasteiger partial charge in [-0.1, -0.05) is 0 Å². The van der Waals surface area contributed by atoms with Crippen molar-refractivity contribution in [3.63, 3.8) is 0 Å². The molecule has 2 aromatic rings. The van der Waals surface area contributed by atoms with Crippen LogP contribution in [0.15, 0.2) is 18.2 Å². The van der Waals surface area contributed by atoms with Gasteiger partial charge in [0, 0.05) is 18.5 Å². The van der Waals surface area contributed by atoms with Gasteiger partial charge in [-0.05, 0) is 30.7 Å². The van der Waals surface area contributed by atoms with Crippen LogP contribution in [0.25, 0.3) is 0 Å². The van der Waals surface area contributed by atoms with Gasteiger partial charge in [0.05, 0.1) is 5.56 Å². The third kappa shape index (κ3) is 3.98. The number of carbonyl (C=O) groups is 1. The number of hydrogen-bond donors (Lipinski definition) is 1. The number of benzene rings is 1. The summed E-state index contributed by atoms with van der Waals surface area (Å²) >= 11 is 1.10. The van der Waals surface area contributed by atoms with E-state index in [-0.39, 0.29) is 17.8 Å². The maximum atomic E-state index is 13.4. The SMILES string of the molecule is Cc1sc(N(C)Cc2cc(F)cc(C(F)(F)F)c2)nc1C(=O)O. The summed E-state index contributed by atoms with van der Waals surface area (Å²) in [5, 5.41) is 9.30. The van der Waals surface area contributed by atoms with E-state index in [1.807, 2.05) is 0 Å². The zero-order valence-corrected chi connectivity index (χ0v) is 12.9. The first-order valence-electron chi connectivity index (χ1n) is 6.36. The number of alkyl halides is 3. The maximum Gasteiger partial charge on any atom is 0.416 e. The van der Waals surface area contributed by atoms with Crippen molar-refractivity contribution in [3.05, 3.63) is 45.7 Å². The highest BCUT2D eigenvalue weighted by Gasteiger charge is 2.31. The summed E-state index contributed by atoms with van der Waals surface area (Å²) in [6.45, 7) is 1.55. The number of anilines is 1. The Labute approximate surface area is 133 Å². The lowest BCUT2D eigenvalue weighted by Gasteiger charge is -2.17. The summed E-state index contributed by atoms with van der Waals surface area (Å²) < 4.78 is 51.5. The van der Waals surface area contributed by atoms with Crippen LogP contribution in [0, 0.1) is 12.7 Å². The molecule has 0 spiro atoms. The normalized spacial score (nSPS) is 11.6. The highest BCUT2D eigenvalue weighted by atomic mass is 32.1. The molecule has 0 fully saturated rings. The number of aromatic carboxylic acids is 1. The Morgan fingerprint density at radius 3 is 2.52 bits per heavy atom. The summed E-state index contributed by atoms with van der Waals surface area (Å²) in [5.74, 6) is -2.16. The van der Waals surface area contributed by atoms with Crippen LogP contribution >= 0.6 is 11.3 Å². The fourth-order valence-electron chi connectivity index (χ4n) is 1.99. The molecule has 1 aromatic carbocycles. The molecule has 1 aromatic heterocycles. The van der Waals surface area contributed by atoms with E-state index in [0.29, 0.717) is 16.1 Å². The lowest BCUT2D eigenvalue weighted by Crippen LogP contribution is -2.17. The first kappa shape index (κ1) is 17.2. The molecule has 124 valence electrons. The summed E-state index contributed by atoms with van der Waals surface area (Å²) in [7, 11) is 1.54. The van der Waals surface area contributed by atoms with Gasteiger partial charge in [-0.3, -0.25) is 0 Å². The van der Waals surface area contributed by atoms with Crippen LogP contribution < -0.4 is 4.90 Å². The largest absolute Gasteiger partial charge is 0.476 e. The molecule has 23 heavy (non-hydrogen) atoms. The van der Waals surface area contributed by atoms with Gasteiger partial charge < -0.3 is 10.0 Å². The molecule has 1 N–H and O–H groups in total. The van der Waals surface area contributed by atoms with Crippen molar-refractivity contribution in [2.24, 2.45) is 0 Å². The smallest absolute Gasteiger partial charge is 0.416 e. The van der Waals surface area contributed by atoms with Gasteiger partial charge in [-0.2, -0.15) is 13.2 Å². The minimum Gasteiger partial charge on any atom is -0.476 e. The standard InChI is InChI=1S/C14H12F4N2O2S/c1-7-11(12(21)22)19-13(23-7)20(2)6-8-3-9(14(16,17)18)5-10(15)4-8/h3-5H,6H2,1-2H3,(H,21,22). The lowest BCUT2D eigenvalue weighted by molar-refractivity contribution is -0.137. The zero-order chi connectivity index (χ0) is 17.4. The molecule has 0 aliphatic heterocycles. The maximum absolute atomic E-state index is 13.4. The average Bonchev–Trinajstić information content (AvgIpc) is 2.79. The number of thiazole rings is 1. The highest BCUT2D eigenvalue weighted by Crippen LogP contribution is 2.31. The molecule has 0 bridgehead atoms. The molecule has 0 unspecified atom stereocenters. The fraction of sp³-hybridized carbons (Fsp3) is 0.286. The van der Waals surface area contributed by atoms with Gasteiger partial charge in [-0.15, -0.1) is 11.3 Å². The molecule has 4 nitrogen and oxygen atoms in total. The van der Waals surface area contributed by atoms with E-state index in [2.05, 4.69) is 4.98 Å². The van der Waals surface area contributed by atoms with Gasteiger partial charge in [0.2, 0.25) is 0 Å². The van der Waals surface area contributed by atoms with Gasteiger partial charge >= 0.3 is 12.1 Å². The zero-order valence-electron chi connectivity index (χ0n) is 12.1. The average molecular weight is 348 g/mol. The summed E-state index contributed by atoms with van der Waals surface area (Å²) in [6, 6.07) is 2.29. The minimum absolute atomic E-state index is 0.0349. The predicted octanol–water partition coefficient (Wildman–Crippen LogP) is 3.94. The monoisotopic (exact) mass is 348 g/mol. The van der Waals surface area contributed by atoms with E-state index >= 15 is 0 Å². The number of nitrogens with zero attached hydrogens (tertiary/aromatic N) is 2. The van der Waals surface area contributed by atoms with Crippen LogP contribution in [-0.2, 0) is 12.7 Å². The Hall–Kier alpha value is -2.16. The molecular weight excluding hydrogens is 336 g/mol. The second kappa shape index (κ2) is 6.15. The van der Waals surface area contributed by atoms with Gasteiger partial charge in [0.25, 0.3) is 0 Å². The molecule has 0 saturated heterocycles. The van der Waals surface area contributed by atoms with E-state index in [1.54, 1.807) is 14.0 Å². The van der Waals surface area contributed by atoms with Crippen molar-refractivity contribution < 1.29 is 27.5 Å². The quantitative estimate of drug-likeness (QED) is 0.851. The molecule has 0 atom stereocenters. The number of halogens is 4. The molecule has 9 heteroatoms. The van der Waals surface area contributed by atoms with Crippen molar-refractivity contribution >= 4 is 22.4 Å². The van der Waals surface area contributed by atoms with Crippen LogP contribution in [0.2, 0.25) is 0 Å². The van der Waals surface area contributed by atoms with Crippen molar-refractivity contribution in [2.75, 3.05) is 11.9 Å². The van der Waals surface area contributed by atoms with E-state index in [1.165, 1.54) is 4.90 Å². The third-order valence-corrected chi connectivity index (χ3v) is 4.10. The number of aromatic nitrogens is 1. The van der Waals surface area contributed by atoms with Crippen LogP contribution in [-0.4, -0.2) is 23.1 Å². The third-order valence-electron chi connectivity index (χ3n) is 3.02. The Balaban J connectivity index is 2.27. The fourth-order valence-corrected chi connectivity index (χ4v) is 2.85. The molecule has 1 heterocycles. The van der Waals surface area contributed by atoms with Gasteiger partial charge in [0.1, 0.15) is 5.82 Å². The summed E-state index contributed by atoms with van der Waals surface area (Å²) in [6.07, 6.45) is -4.64. The van der Waals surface area contributed by atoms with Crippen molar-refractivity contribution in [1.82, 2.24) is 4.98 Å². The first-order valence-corrected chi connectivity index (χ1v) is 7.18. The van der Waals surface area contributed by atoms with Crippen LogP contribution in [0.5, 0.6) is 0 Å². The van der Waals surface area contributed by atoms with E-state index in [4.69, 9.17) is 5.11 Å².